The topological polar surface area (TPSA) is 169 Å². The van der Waals surface area contributed by atoms with Gasteiger partial charge in [0.15, 0.2) is 0 Å². The van der Waals surface area contributed by atoms with Gasteiger partial charge in [-0.1, -0.05) is 6.92 Å². The normalized spacial score (nSPS) is 14.6. The van der Waals surface area contributed by atoms with Gasteiger partial charge in [0.2, 0.25) is 5.41 Å². The largest absolute Gasteiger partial charge is 0.481 e. The first kappa shape index (κ1) is 15.8. The summed E-state index contributed by atoms with van der Waals surface area (Å²) in [5.41, 5.74) is -3.11. The van der Waals surface area contributed by atoms with Gasteiger partial charge < -0.3 is 25.5 Å². The minimum absolute atomic E-state index is 0.859. The minimum Gasteiger partial charge on any atom is -0.481 e. The summed E-state index contributed by atoms with van der Waals surface area (Å²) in [4.78, 5) is 43.6. The molecule has 0 saturated carbocycles. The number of hydrogen-bond donors (Lipinski definition) is 5. The molecule has 0 aliphatic carbocycles. The van der Waals surface area contributed by atoms with Gasteiger partial charge in [-0.3, -0.25) is 19.2 Å². The highest BCUT2D eigenvalue weighted by Gasteiger charge is 2.59. The van der Waals surface area contributed by atoms with Crippen LogP contribution >= 0.6 is 0 Å². The maximum absolute atomic E-state index is 11.0. The Morgan fingerprint density at radius 2 is 1.33 bits per heavy atom. The standard InChI is InChI=1S/C9H12O9/c1-3(5(11)12)4(6(13)14)9(2-10,7(15)16)8(17)18/h3-4,10H,2H2,1H3,(H,11,12)(H,13,14)(H,15,16)(H,17,18). The molecular weight excluding hydrogens is 252 g/mol. The minimum atomic E-state index is -3.11. The maximum Gasteiger partial charge on any atom is 0.324 e. The van der Waals surface area contributed by atoms with Gasteiger partial charge in [-0.05, 0) is 0 Å². The van der Waals surface area contributed by atoms with Gasteiger partial charge in [-0.2, -0.15) is 0 Å². The van der Waals surface area contributed by atoms with Crippen molar-refractivity contribution in [3.63, 3.8) is 0 Å². The second kappa shape index (κ2) is 5.45. The molecule has 0 aliphatic rings. The van der Waals surface area contributed by atoms with E-state index in [2.05, 4.69) is 0 Å². The van der Waals surface area contributed by atoms with Gasteiger partial charge in [-0.15, -0.1) is 0 Å². The molecule has 0 fully saturated rings. The van der Waals surface area contributed by atoms with E-state index in [1.165, 1.54) is 0 Å². The predicted molar refractivity (Wildman–Crippen MR) is 52.7 cm³/mol. The molecule has 0 amide bonds. The lowest BCUT2D eigenvalue weighted by atomic mass is 9.70. The van der Waals surface area contributed by atoms with Crippen molar-refractivity contribution in [2.24, 2.45) is 17.3 Å². The zero-order chi connectivity index (χ0) is 14.7. The van der Waals surface area contributed by atoms with Crippen LogP contribution in [0.15, 0.2) is 0 Å². The van der Waals surface area contributed by atoms with Crippen LogP contribution in [0.25, 0.3) is 0 Å². The number of aliphatic hydroxyl groups is 1. The first-order chi connectivity index (χ1) is 8.12. The number of carboxylic acids is 4. The molecule has 0 saturated heterocycles. The Morgan fingerprint density at radius 1 is 0.944 bits per heavy atom. The average Bonchev–Trinajstić information content (AvgIpc) is 2.22. The second-order valence-electron chi connectivity index (χ2n) is 3.68. The quantitative estimate of drug-likeness (QED) is 0.345. The molecule has 0 spiro atoms. The van der Waals surface area contributed by atoms with Gasteiger partial charge in [0.1, 0.15) is 0 Å². The molecule has 102 valence electrons. The van der Waals surface area contributed by atoms with Gasteiger partial charge in [0.05, 0.1) is 18.4 Å². The van der Waals surface area contributed by atoms with Crippen molar-refractivity contribution in [2.45, 2.75) is 6.92 Å². The molecule has 9 nitrogen and oxygen atoms in total. The molecule has 0 radical (unpaired) electrons. The molecule has 9 heteroatoms. The third-order valence-corrected chi connectivity index (χ3v) is 2.70. The highest BCUT2D eigenvalue weighted by molar-refractivity contribution is 6.03. The summed E-state index contributed by atoms with van der Waals surface area (Å²) in [6.07, 6.45) is 0. The Kier molecular flexibility index (Phi) is 4.80. The van der Waals surface area contributed by atoms with E-state index in [0.29, 0.717) is 0 Å². The van der Waals surface area contributed by atoms with Crippen LogP contribution in [-0.2, 0) is 19.2 Å². The zero-order valence-corrected chi connectivity index (χ0v) is 9.23. The van der Waals surface area contributed by atoms with E-state index in [-0.39, 0.29) is 0 Å². The Morgan fingerprint density at radius 3 is 1.50 bits per heavy atom. The SMILES string of the molecule is CC(C(=O)O)C(C(=O)O)C(CO)(C(=O)O)C(=O)O. The lowest BCUT2D eigenvalue weighted by Crippen LogP contribution is -2.54. The molecule has 2 atom stereocenters. The van der Waals surface area contributed by atoms with Crippen LogP contribution < -0.4 is 0 Å². The fourth-order valence-electron chi connectivity index (χ4n) is 1.59. The highest BCUT2D eigenvalue weighted by Crippen LogP contribution is 2.34. The van der Waals surface area contributed by atoms with E-state index in [4.69, 9.17) is 25.5 Å². The van der Waals surface area contributed by atoms with E-state index >= 15 is 0 Å². The van der Waals surface area contributed by atoms with Crippen LogP contribution in [0.1, 0.15) is 6.92 Å². The van der Waals surface area contributed by atoms with Crippen LogP contribution in [0.4, 0.5) is 0 Å². The number of hydrogen-bond acceptors (Lipinski definition) is 5. The molecule has 0 heterocycles. The monoisotopic (exact) mass is 264 g/mol. The fraction of sp³-hybridized carbons (Fsp3) is 0.556. The zero-order valence-electron chi connectivity index (χ0n) is 9.23. The number of carbonyl (C=O) groups is 4. The van der Waals surface area contributed by atoms with Gasteiger partial charge in [0, 0.05) is 0 Å². The van der Waals surface area contributed by atoms with Crippen LogP contribution in [0.2, 0.25) is 0 Å². The fourth-order valence-corrected chi connectivity index (χ4v) is 1.59. The highest BCUT2D eigenvalue weighted by atomic mass is 16.4. The van der Waals surface area contributed by atoms with Gasteiger partial charge in [0.25, 0.3) is 0 Å². The van der Waals surface area contributed by atoms with Crippen molar-refractivity contribution in [3.8, 4) is 0 Å². The lowest BCUT2D eigenvalue weighted by Gasteiger charge is -2.31. The molecule has 5 N–H and O–H groups in total. The summed E-state index contributed by atoms with van der Waals surface area (Å²) in [6.45, 7) is -0.677. The summed E-state index contributed by atoms with van der Waals surface area (Å²) in [5, 5.41) is 44.2. The van der Waals surface area contributed by atoms with Crippen molar-refractivity contribution >= 4 is 23.9 Å². The summed E-state index contributed by atoms with van der Waals surface area (Å²) < 4.78 is 0. The number of rotatable bonds is 7. The summed E-state index contributed by atoms with van der Waals surface area (Å²) in [7, 11) is 0. The van der Waals surface area contributed by atoms with E-state index in [9.17, 15) is 19.2 Å². The van der Waals surface area contributed by atoms with Gasteiger partial charge >= 0.3 is 23.9 Å². The van der Waals surface area contributed by atoms with E-state index < -0.39 is 47.7 Å². The number of aliphatic carboxylic acids is 4. The van der Waals surface area contributed by atoms with Crippen molar-refractivity contribution in [1.29, 1.82) is 0 Å². The van der Waals surface area contributed by atoms with Gasteiger partial charge in [-0.25, -0.2) is 0 Å². The Bertz CT molecular complexity index is 371. The predicted octanol–water partition coefficient (Wildman–Crippen LogP) is -1.44. The Hall–Kier alpha value is -2.16. The van der Waals surface area contributed by atoms with Crippen LogP contribution in [-0.4, -0.2) is 56.0 Å². The number of aliphatic hydroxyl groups excluding tert-OH is 1. The van der Waals surface area contributed by atoms with Crippen molar-refractivity contribution in [3.05, 3.63) is 0 Å². The molecule has 0 bridgehead atoms. The molecule has 0 aliphatic heterocycles. The lowest BCUT2D eigenvalue weighted by molar-refractivity contribution is -0.184. The maximum atomic E-state index is 11.0. The number of carboxylic acid groups (broad SMARTS) is 4. The molecule has 2 unspecified atom stereocenters. The first-order valence-electron chi connectivity index (χ1n) is 4.66. The van der Waals surface area contributed by atoms with Crippen LogP contribution in [0.5, 0.6) is 0 Å². The summed E-state index contributed by atoms with van der Waals surface area (Å²) >= 11 is 0. The third kappa shape index (κ3) is 2.40. The second-order valence-corrected chi connectivity index (χ2v) is 3.68. The molecule has 0 rings (SSSR count). The Balaban J connectivity index is 5.95. The Labute approximate surface area is 100 Å². The molecule has 0 aromatic rings. The smallest absolute Gasteiger partial charge is 0.324 e. The van der Waals surface area contributed by atoms with Crippen LogP contribution in [0, 0.1) is 17.3 Å². The van der Waals surface area contributed by atoms with Crippen LogP contribution in [0.3, 0.4) is 0 Å². The van der Waals surface area contributed by atoms with E-state index in [0.717, 1.165) is 6.92 Å². The molecule has 0 aromatic carbocycles. The molecule has 18 heavy (non-hydrogen) atoms. The average molecular weight is 264 g/mol. The third-order valence-electron chi connectivity index (χ3n) is 2.70. The summed E-state index contributed by atoms with van der Waals surface area (Å²) in [6, 6.07) is 0. The van der Waals surface area contributed by atoms with E-state index in [1.807, 2.05) is 0 Å². The molecule has 0 aromatic heterocycles. The summed E-state index contributed by atoms with van der Waals surface area (Å²) in [5.74, 6) is -11.9. The molecular formula is C9H12O9. The van der Waals surface area contributed by atoms with E-state index in [1.54, 1.807) is 0 Å². The van der Waals surface area contributed by atoms with Crippen molar-refractivity contribution < 1.29 is 44.7 Å². The first-order valence-corrected chi connectivity index (χ1v) is 4.66. The van der Waals surface area contributed by atoms with Crippen molar-refractivity contribution in [2.75, 3.05) is 6.61 Å². The van der Waals surface area contributed by atoms with Crippen molar-refractivity contribution in [1.82, 2.24) is 0 Å².